The Kier molecular flexibility index (Phi) is 4.53. The van der Waals surface area contributed by atoms with Crippen LogP contribution in [0, 0.1) is 0 Å². The van der Waals surface area contributed by atoms with Crippen LogP contribution in [0.3, 0.4) is 0 Å². The van der Waals surface area contributed by atoms with E-state index in [0.717, 1.165) is 10.9 Å². The van der Waals surface area contributed by atoms with Gasteiger partial charge < -0.3 is 5.32 Å². The topological polar surface area (TPSA) is 37.8 Å². The average molecular weight is 265 g/mol. The summed E-state index contributed by atoms with van der Waals surface area (Å²) in [5, 5.41) is 3.44. The molecule has 5 heteroatoms. The van der Waals surface area contributed by atoms with Crippen molar-refractivity contribution in [3.05, 3.63) is 36.2 Å². The average Bonchev–Trinajstić information content (AvgIpc) is 2.80. The molecule has 1 aromatic carbocycles. The summed E-state index contributed by atoms with van der Waals surface area (Å²) in [6.45, 7) is 5.20. The molecule has 2 aromatic rings. The Balaban J connectivity index is 2.10. The third-order valence-corrected chi connectivity index (χ3v) is 4.04. The monoisotopic (exact) mass is 265 g/mol. The van der Waals surface area contributed by atoms with Gasteiger partial charge in [0.25, 0.3) is 0 Å². The van der Waals surface area contributed by atoms with Crippen molar-refractivity contribution in [1.82, 2.24) is 14.7 Å². The van der Waals surface area contributed by atoms with E-state index in [4.69, 9.17) is 0 Å². The van der Waals surface area contributed by atoms with Gasteiger partial charge in [0.1, 0.15) is 6.33 Å². The summed E-state index contributed by atoms with van der Waals surface area (Å²) < 4.78 is 5.00. The Labute approximate surface area is 110 Å². The fourth-order valence-electron chi connectivity index (χ4n) is 1.37. The third-order valence-electron chi connectivity index (χ3n) is 2.21. The molecule has 0 bridgehead atoms. The maximum absolute atomic E-state index is 4.20. The smallest absolute Gasteiger partial charge is 0.174 e. The van der Waals surface area contributed by atoms with Crippen LogP contribution in [-0.4, -0.2) is 15.4 Å². The highest BCUT2D eigenvalue weighted by Gasteiger charge is 2.06. The molecule has 0 saturated heterocycles. The van der Waals surface area contributed by atoms with E-state index in [9.17, 15) is 0 Å². The van der Waals surface area contributed by atoms with E-state index in [-0.39, 0.29) is 0 Å². The molecule has 0 atom stereocenters. The number of hydrogen-bond donors (Lipinski definition) is 1. The zero-order chi connectivity index (χ0) is 12.1. The van der Waals surface area contributed by atoms with Crippen LogP contribution in [0.15, 0.2) is 39.8 Å². The summed E-state index contributed by atoms with van der Waals surface area (Å²) in [5.41, 5.74) is 1.31. The minimum atomic E-state index is 0.495. The van der Waals surface area contributed by atoms with Crippen LogP contribution in [-0.2, 0) is 6.54 Å². The lowest BCUT2D eigenvalue weighted by atomic mass is 10.2. The summed E-state index contributed by atoms with van der Waals surface area (Å²) in [6.07, 6.45) is 1.60. The number of aromatic nitrogens is 2. The summed E-state index contributed by atoms with van der Waals surface area (Å²) in [7, 11) is 0. The number of hydrogen-bond acceptors (Lipinski definition) is 5. The van der Waals surface area contributed by atoms with Crippen molar-refractivity contribution in [2.24, 2.45) is 0 Å². The lowest BCUT2D eigenvalue weighted by Gasteiger charge is -2.11. The highest BCUT2D eigenvalue weighted by atomic mass is 32.2. The Morgan fingerprint density at radius 3 is 2.88 bits per heavy atom. The van der Waals surface area contributed by atoms with E-state index in [1.807, 2.05) is 0 Å². The van der Waals surface area contributed by atoms with Gasteiger partial charge in [0, 0.05) is 17.5 Å². The SMILES string of the molecule is CC(C)NCc1ccccc1Sc1ncns1. The molecule has 3 nitrogen and oxygen atoms in total. The molecule has 0 saturated carbocycles. The number of benzene rings is 1. The maximum Gasteiger partial charge on any atom is 0.174 e. The zero-order valence-electron chi connectivity index (χ0n) is 9.88. The van der Waals surface area contributed by atoms with Gasteiger partial charge in [0.15, 0.2) is 4.34 Å². The molecule has 0 amide bonds. The van der Waals surface area contributed by atoms with Crippen LogP contribution in [0.25, 0.3) is 0 Å². The van der Waals surface area contributed by atoms with Gasteiger partial charge in [0.2, 0.25) is 0 Å². The number of rotatable bonds is 5. The molecule has 0 aliphatic carbocycles. The van der Waals surface area contributed by atoms with Gasteiger partial charge in [0.05, 0.1) is 0 Å². The standard InChI is InChI=1S/C12H15N3S2/c1-9(2)13-7-10-5-3-4-6-11(10)16-12-14-8-15-17-12/h3-6,8-9,13H,7H2,1-2H3. The Morgan fingerprint density at radius 2 is 2.18 bits per heavy atom. The van der Waals surface area contributed by atoms with Crippen molar-refractivity contribution >= 4 is 23.3 Å². The Morgan fingerprint density at radius 1 is 1.35 bits per heavy atom. The van der Waals surface area contributed by atoms with Crippen LogP contribution >= 0.6 is 23.3 Å². The second-order valence-corrected chi connectivity index (χ2v) is 6.02. The molecule has 17 heavy (non-hydrogen) atoms. The number of nitrogens with one attached hydrogen (secondary N) is 1. The summed E-state index contributed by atoms with van der Waals surface area (Å²) in [6, 6.07) is 8.90. The van der Waals surface area contributed by atoms with Gasteiger partial charge in [-0.15, -0.1) is 0 Å². The van der Waals surface area contributed by atoms with E-state index in [1.54, 1.807) is 18.1 Å². The Hall–Kier alpha value is -0.910. The summed E-state index contributed by atoms with van der Waals surface area (Å²) in [4.78, 5) is 5.45. The molecule has 0 aliphatic rings. The van der Waals surface area contributed by atoms with Gasteiger partial charge in [-0.25, -0.2) is 4.98 Å². The van der Waals surface area contributed by atoms with Crippen LogP contribution < -0.4 is 5.32 Å². The van der Waals surface area contributed by atoms with Gasteiger partial charge >= 0.3 is 0 Å². The quantitative estimate of drug-likeness (QED) is 0.901. The second-order valence-electron chi connectivity index (χ2n) is 3.95. The van der Waals surface area contributed by atoms with Crippen molar-refractivity contribution in [1.29, 1.82) is 0 Å². The first-order chi connectivity index (χ1) is 8.25. The lowest BCUT2D eigenvalue weighted by Crippen LogP contribution is -2.22. The largest absolute Gasteiger partial charge is 0.310 e. The molecule has 0 radical (unpaired) electrons. The highest BCUT2D eigenvalue weighted by molar-refractivity contribution is 8.01. The van der Waals surface area contributed by atoms with Crippen LogP contribution in [0.4, 0.5) is 0 Å². The maximum atomic E-state index is 4.20. The zero-order valence-corrected chi connectivity index (χ0v) is 11.5. The predicted molar refractivity (Wildman–Crippen MR) is 72.4 cm³/mol. The first-order valence-corrected chi connectivity index (χ1v) is 7.10. The molecular formula is C12H15N3S2. The van der Waals surface area contributed by atoms with Crippen molar-refractivity contribution in [3.8, 4) is 0 Å². The fourth-order valence-corrected chi connectivity index (χ4v) is 2.90. The molecular weight excluding hydrogens is 250 g/mol. The minimum absolute atomic E-state index is 0.495. The van der Waals surface area contributed by atoms with Crippen molar-refractivity contribution < 1.29 is 0 Å². The van der Waals surface area contributed by atoms with Crippen molar-refractivity contribution in [2.45, 2.75) is 35.7 Å². The molecule has 1 N–H and O–H groups in total. The van der Waals surface area contributed by atoms with E-state index >= 15 is 0 Å². The van der Waals surface area contributed by atoms with Crippen LogP contribution in [0.5, 0.6) is 0 Å². The fraction of sp³-hybridized carbons (Fsp3) is 0.333. The van der Waals surface area contributed by atoms with Gasteiger partial charge in [-0.2, -0.15) is 4.37 Å². The van der Waals surface area contributed by atoms with E-state index in [1.165, 1.54) is 22.0 Å². The predicted octanol–water partition coefficient (Wildman–Crippen LogP) is 3.19. The molecule has 0 unspecified atom stereocenters. The summed E-state index contributed by atoms with van der Waals surface area (Å²) in [5.74, 6) is 0. The Bertz CT molecular complexity index is 455. The molecule has 2 rings (SSSR count). The molecule has 0 fully saturated rings. The molecule has 0 aliphatic heterocycles. The van der Waals surface area contributed by atoms with Gasteiger partial charge in [-0.05, 0) is 23.2 Å². The minimum Gasteiger partial charge on any atom is -0.310 e. The molecule has 1 heterocycles. The molecule has 90 valence electrons. The first-order valence-electron chi connectivity index (χ1n) is 5.51. The highest BCUT2D eigenvalue weighted by Crippen LogP contribution is 2.30. The van der Waals surface area contributed by atoms with Crippen LogP contribution in [0.2, 0.25) is 0 Å². The van der Waals surface area contributed by atoms with Crippen molar-refractivity contribution in [3.63, 3.8) is 0 Å². The lowest BCUT2D eigenvalue weighted by molar-refractivity contribution is 0.585. The van der Waals surface area contributed by atoms with E-state index in [2.05, 4.69) is 52.8 Å². The second kappa shape index (κ2) is 6.14. The number of nitrogens with zero attached hydrogens (tertiary/aromatic N) is 2. The van der Waals surface area contributed by atoms with E-state index < -0.39 is 0 Å². The van der Waals surface area contributed by atoms with Gasteiger partial charge in [-0.1, -0.05) is 43.8 Å². The van der Waals surface area contributed by atoms with E-state index in [0.29, 0.717) is 6.04 Å². The molecule has 1 aromatic heterocycles. The summed E-state index contributed by atoms with van der Waals surface area (Å²) >= 11 is 3.11. The normalized spacial score (nSPS) is 11.0. The third kappa shape index (κ3) is 3.80. The van der Waals surface area contributed by atoms with Gasteiger partial charge in [-0.3, -0.25) is 0 Å². The molecule has 0 spiro atoms. The first kappa shape index (κ1) is 12.5. The van der Waals surface area contributed by atoms with Crippen molar-refractivity contribution in [2.75, 3.05) is 0 Å². The van der Waals surface area contributed by atoms with Crippen LogP contribution in [0.1, 0.15) is 19.4 Å².